The van der Waals surface area contributed by atoms with Gasteiger partial charge in [0.25, 0.3) is 0 Å². The van der Waals surface area contributed by atoms with Gasteiger partial charge in [-0.3, -0.25) is 4.79 Å². The molecular formula is C24H27N3O3. The third-order valence-corrected chi connectivity index (χ3v) is 5.58. The summed E-state index contributed by atoms with van der Waals surface area (Å²) >= 11 is 0. The molecule has 1 amide bonds. The molecule has 1 saturated heterocycles. The molecule has 6 heteroatoms. The van der Waals surface area contributed by atoms with Gasteiger partial charge in [0, 0.05) is 18.5 Å². The standard InChI is InChI=1S/C24H27N3O3/c1-3-4-14-29-21-12-10-19(11-13-21)23-25-24(30-26-23)20-15-22(28)27(16-20)17(2)18-8-6-5-7-9-18/h5-13,17,20H,3-4,14-16H2,1-2H3. The molecule has 0 saturated carbocycles. The van der Waals surface area contributed by atoms with Crippen LogP contribution in [0.2, 0.25) is 0 Å². The van der Waals surface area contributed by atoms with E-state index < -0.39 is 0 Å². The Morgan fingerprint density at radius 3 is 2.67 bits per heavy atom. The Kier molecular flexibility index (Phi) is 6.12. The number of rotatable bonds is 8. The molecule has 0 bridgehead atoms. The summed E-state index contributed by atoms with van der Waals surface area (Å²) in [5.41, 5.74) is 1.99. The van der Waals surface area contributed by atoms with E-state index in [1.165, 1.54) is 0 Å². The van der Waals surface area contributed by atoms with Gasteiger partial charge in [0.2, 0.25) is 17.6 Å². The fourth-order valence-corrected chi connectivity index (χ4v) is 3.74. The van der Waals surface area contributed by atoms with E-state index in [4.69, 9.17) is 9.26 Å². The molecule has 0 N–H and O–H groups in total. The minimum Gasteiger partial charge on any atom is -0.494 e. The minimum absolute atomic E-state index is 0.0198. The third-order valence-electron chi connectivity index (χ3n) is 5.58. The summed E-state index contributed by atoms with van der Waals surface area (Å²) in [5.74, 6) is 1.92. The number of amides is 1. The average molecular weight is 405 g/mol. The zero-order valence-electron chi connectivity index (χ0n) is 17.5. The van der Waals surface area contributed by atoms with Gasteiger partial charge in [-0.15, -0.1) is 0 Å². The molecule has 1 aliphatic rings. The molecule has 2 unspecified atom stereocenters. The van der Waals surface area contributed by atoms with Gasteiger partial charge in [-0.05, 0) is 43.2 Å². The molecule has 3 aromatic rings. The lowest BCUT2D eigenvalue weighted by molar-refractivity contribution is -0.129. The quantitative estimate of drug-likeness (QED) is 0.494. The minimum atomic E-state index is -0.0819. The smallest absolute Gasteiger partial charge is 0.232 e. The van der Waals surface area contributed by atoms with E-state index in [0.29, 0.717) is 24.7 Å². The normalized spacial score (nSPS) is 17.3. The molecule has 4 rings (SSSR count). The highest BCUT2D eigenvalue weighted by Gasteiger charge is 2.37. The predicted molar refractivity (Wildman–Crippen MR) is 114 cm³/mol. The van der Waals surface area contributed by atoms with E-state index in [-0.39, 0.29) is 17.9 Å². The van der Waals surface area contributed by atoms with Gasteiger partial charge in [-0.1, -0.05) is 48.8 Å². The second-order valence-electron chi connectivity index (χ2n) is 7.72. The molecule has 2 atom stereocenters. The van der Waals surface area contributed by atoms with Gasteiger partial charge in [0.05, 0.1) is 18.6 Å². The maximum atomic E-state index is 12.6. The molecule has 1 fully saturated rings. The third kappa shape index (κ3) is 4.37. The zero-order chi connectivity index (χ0) is 20.9. The summed E-state index contributed by atoms with van der Waals surface area (Å²) < 4.78 is 11.2. The van der Waals surface area contributed by atoms with Crippen molar-refractivity contribution in [2.45, 2.75) is 45.1 Å². The van der Waals surface area contributed by atoms with Crippen LogP contribution in [0.3, 0.4) is 0 Å². The monoisotopic (exact) mass is 405 g/mol. The van der Waals surface area contributed by atoms with Gasteiger partial charge in [-0.25, -0.2) is 0 Å². The molecule has 1 aliphatic heterocycles. The second kappa shape index (κ2) is 9.11. The van der Waals surface area contributed by atoms with Crippen LogP contribution in [-0.2, 0) is 4.79 Å². The highest BCUT2D eigenvalue weighted by Crippen LogP contribution is 2.34. The van der Waals surface area contributed by atoms with E-state index in [9.17, 15) is 4.79 Å². The van der Waals surface area contributed by atoms with Crippen LogP contribution in [0.4, 0.5) is 0 Å². The second-order valence-corrected chi connectivity index (χ2v) is 7.72. The summed E-state index contributed by atoms with van der Waals surface area (Å²) in [6.45, 7) is 5.50. The van der Waals surface area contributed by atoms with Crippen LogP contribution in [0.1, 0.15) is 56.5 Å². The Hall–Kier alpha value is -3.15. The summed E-state index contributed by atoms with van der Waals surface area (Å²) in [6, 6.07) is 17.8. The van der Waals surface area contributed by atoms with E-state index in [0.717, 1.165) is 36.3 Å². The topological polar surface area (TPSA) is 68.5 Å². The van der Waals surface area contributed by atoms with Gasteiger partial charge >= 0.3 is 0 Å². The van der Waals surface area contributed by atoms with E-state index >= 15 is 0 Å². The molecule has 156 valence electrons. The Morgan fingerprint density at radius 1 is 1.17 bits per heavy atom. The average Bonchev–Trinajstić information content (AvgIpc) is 3.42. The molecule has 2 aromatic carbocycles. The number of nitrogens with zero attached hydrogens (tertiary/aromatic N) is 3. The molecule has 2 heterocycles. The van der Waals surface area contributed by atoms with Crippen LogP contribution < -0.4 is 4.74 Å². The van der Waals surface area contributed by atoms with E-state index in [1.807, 2.05) is 59.5 Å². The first-order valence-corrected chi connectivity index (χ1v) is 10.6. The van der Waals surface area contributed by atoms with Crippen molar-refractivity contribution >= 4 is 5.91 Å². The molecule has 0 radical (unpaired) electrons. The fourth-order valence-electron chi connectivity index (χ4n) is 3.74. The van der Waals surface area contributed by atoms with Gasteiger partial charge in [0.15, 0.2) is 0 Å². The lowest BCUT2D eigenvalue weighted by Crippen LogP contribution is -2.28. The van der Waals surface area contributed by atoms with Crippen LogP contribution in [0.25, 0.3) is 11.4 Å². The molecule has 6 nitrogen and oxygen atoms in total. The van der Waals surface area contributed by atoms with Crippen LogP contribution in [0.15, 0.2) is 59.1 Å². The van der Waals surface area contributed by atoms with Crippen molar-refractivity contribution < 1.29 is 14.1 Å². The van der Waals surface area contributed by atoms with Crippen molar-refractivity contribution in [3.8, 4) is 17.1 Å². The Labute approximate surface area is 176 Å². The van der Waals surface area contributed by atoms with Gasteiger partial charge in [0.1, 0.15) is 5.75 Å². The number of carbonyl (C=O) groups excluding carboxylic acids is 1. The summed E-state index contributed by atoms with van der Waals surface area (Å²) in [4.78, 5) is 19.1. The maximum absolute atomic E-state index is 12.6. The number of ether oxygens (including phenoxy) is 1. The Balaban J connectivity index is 1.42. The van der Waals surface area contributed by atoms with E-state index in [2.05, 4.69) is 24.0 Å². The predicted octanol–water partition coefficient (Wildman–Crippen LogP) is 4.99. The number of hydrogen-bond donors (Lipinski definition) is 0. The van der Waals surface area contributed by atoms with Crippen molar-refractivity contribution in [2.24, 2.45) is 0 Å². The number of hydrogen-bond acceptors (Lipinski definition) is 5. The fraction of sp³-hybridized carbons (Fsp3) is 0.375. The first kappa shape index (κ1) is 20.1. The number of aromatic nitrogens is 2. The van der Waals surface area contributed by atoms with Gasteiger partial charge < -0.3 is 14.2 Å². The van der Waals surface area contributed by atoms with E-state index in [1.54, 1.807) is 0 Å². The van der Waals surface area contributed by atoms with Crippen molar-refractivity contribution in [1.29, 1.82) is 0 Å². The largest absolute Gasteiger partial charge is 0.494 e. The SMILES string of the molecule is CCCCOc1ccc(-c2noc(C3CC(=O)N(C(C)c4ccccc4)C3)n2)cc1. The van der Waals surface area contributed by atoms with Crippen LogP contribution in [-0.4, -0.2) is 34.1 Å². The maximum Gasteiger partial charge on any atom is 0.232 e. The first-order chi connectivity index (χ1) is 14.7. The molecule has 0 aliphatic carbocycles. The van der Waals surface area contributed by atoms with Crippen LogP contribution in [0.5, 0.6) is 5.75 Å². The van der Waals surface area contributed by atoms with Crippen LogP contribution in [0, 0.1) is 0 Å². The van der Waals surface area contributed by atoms with Crippen molar-refractivity contribution in [1.82, 2.24) is 15.0 Å². The Bertz CT molecular complexity index is 969. The lowest BCUT2D eigenvalue weighted by atomic mass is 10.1. The van der Waals surface area contributed by atoms with Gasteiger partial charge in [-0.2, -0.15) is 4.98 Å². The Morgan fingerprint density at radius 2 is 1.93 bits per heavy atom. The highest BCUT2D eigenvalue weighted by atomic mass is 16.5. The lowest BCUT2D eigenvalue weighted by Gasteiger charge is -2.24. The zero-order valence-corrected chi connectivity index (χ0v) is 17.5. The molecule has 0 spiro atoms. The number of benzene rings is 2. The number of carbonyl (C=O) groups is 1. The number of unbranched alkanes of at least 4 members (excludes halogenated alkanes) is 1. The summed E-state index contributed by atoms with van der Waals surface area (Å²) in [5, 5.41) is 4.13. The van der Waals surface area contributed by atoms with Crippen LogP contribution >= 0.6 is 0 Å². The summed E-state index contributed by atoms with van der Waals surface area (Å²) in [6.07, 6.45) is 2.54. The van der Waals surface area contributed by atoms with Crippen molar-refractivity contribution in [2.75, 3.05) is 13.2 Å². The number of likely N-dealkylation sites (tertiary alicyclic amines) is 1. The summed E-state index contributed by atoms with van der Waals surface area (Å²) in [7, 11) is 0. The highest BCUT2D eigenvalue weighted by molar-refractivity contribution is 5.80. The molecule has 1 aromatic heterocycles. The molecular weight excluding hydrogens is 378 g/mol. The first-order valence-electron chi connectivity index (χ1n) is 10.6. The van der Waals surface area contributed by atoms with Crippen molar-refractivity contribution in [3.05, 3.63) is 66.1 Å². The molecule has 30 heavy (non-hydrogen) atoms. The van der Waals surface area contributed by atoms with Crippen molar-refractivity contribution in [3.63, 3.8) is 0 Å².